The average Bonchev–Trinajstić information content (AvgIpc) is 3.38. The normalized spacial score (nSPS) is 19.9. The van der Waals surface area contributed by atoms with E-state index in [4.69, 9.17) is 16.6 Å². The fourth-order valence-corrected chi connectivity index (χ4v) is 3.89. The van der Waals surface area contributed by atoms with E-state index in [1.165, 1.54) is 0 Å². The zero-order valence-electron chi connectivity index (χ0n) is 10.9. The van der Waals surface area contributed by atoms with E-state index in [0.717, 1.165) is 47.0 Å². The summed E-state index contributed by atoms with van der Waals surface area (Å²) in [6.07, 6.45) is 4.12. The van der Waals surface area contributed by atoms with Gasteiger partial charge in [0.2, 0.25) is 0 Å². The zero-order valence-corrected chi connectivity index (χ0v) is 12.5. The predicted octanol–water partition coefficient (Wildman–Crippen LogP) is 4.47. The van der Waals surface area contributed by atoms with Crippen LogP contribution in [0.25, 0.3) is 11.3 Å². The van der Waals surface area contributed by atoms with Gasteiger partial charge in [0.25, 0.3) is 0 Å². The van der Waals surface area contributed by atoms with E-state index in [9.17, 15) is 4.79 Å². The summed E-state index contributed by atoms with van der Waals surface area (Å²) in [5.41, 5.74) is 1.79. The molecule has 20 heavy (non-hydrogen) atoms. The van der Waals surface area contributed by atoms with Crippen LogP contribution in [0.3, 0.4) is 0 Å². The van der Waals surface area contributed by atoms with Gasteiger partial charge in [0.1, 0.15) is 10.8 Å². The highest BCUT2D eigenvalue weighted by Gasteiger charge is 2.57. The molecule has 2 fully saturated rings. The van der Waals surface area contributed by atoms with Crippen LogP contribution in [0.4, 0.5) is 0 Å². The largest absolute Gasteiger partial charge is 0.298 e. The van der Waals surface area contributed by atoms with E-state index >= 15 is 0 Å². The molecule has 0 aliphatic heterocycles. The number of hydrogen-bond donors (Lipinski definition) is 0. The van der Waals surface area contributed by atoms with Crippen LogP contribution in [0.2, 0.25) is 5.02 Å². The summed E-state index contributed by atoms with van der Waals surface area (Å²) in [6, 6.07) is 7.70. The maximum atomic E-state index is 12.4. The molecule has 1 heterocycles. The third-order valence-corrected chi connectivity index (χ3v) is 5.52. The molecule has 0 bridgehead atoms. The molecule has 1 aromatic heterocycles. The maximum Gasteiger partial charge on any atom is 0.148 e. The molecule has 2 saturated carbocycles. The molecule has 0 saturated heterocycles. The van der Waals surface area contributed by atoms with Gasteiger partial charge < -0.3 is 0 Å². The number of ketones is 1. The van der Waals surface area contributed by atoms with Gasteiger partial charge >= 0.3 is 0 Å². The van der Waals surface area contributed by atoms with Crippen molar-refractivity contribution >= 4 is 28.7 Å². The Hall–Kier alpha value is -1.19. The minimum atomic E-state index is -0.226. The Labute approximate surface area is 126 Å². The second kappa shape index (κ2) is 4.40. The second-order valence-electron chi connectivity index (χ2n) is 5.77. The predicted molar refractivity (Wildman–Crippen MR) is 81.2 cm³/mol. The van der Waals surface area contributed by atoms with Crippen LogP contribution in [0.15, 0.2) is 29.6 Å². The average molecular weight is 304 g/mol. The van der Waals surface area contributed by atoms with Gasteiger partial charge in [0.05, 0.1) is 11.1 Å². The Morgan fingerprint density at radius 1 is 1.25 bits per heavy atom. The quantitative estimate of drug-likeness (QED) is 0.834. The highest BCUT2D eigenvalue weighted by Crippen LogP contribution is 2.54. The van der Waals surface area contributed by atoms with Crippen LogP contribution in [0.1, 0.15) is 30.7 Å². The fraction of sp³-hybridized carbons (Fsp3) is 0.375. The van der Waals surface area contributed by atoms with E-state index in [1.807, 2.05) is 24.3 Å². The van der Waals surface area contributed by atoms with Gasteiger partial charge in [-0.25, -0.2) is 4.98 Å². The number of carbonyl (C=O) groups is 1. The van der Waals surface area contributed by atoms with Crippen LogP contribution in [0, 0.1) is 5.92 Å². The maximum absolute atomic E-state index is 12.4. The van der Waals surface area contributed by atoms with Gasteiger partial charge in [-0.15, -0.1) is 11.3 Å². The third-order valence-electron chi connectivity index (χ3n) is 4.22. The van der Waals surface area contributed by atoms with Crippen molar-refractivity contribution in [1.29, 1.82) is 0 Å². The van der Waals surface area contributed by atoms with Crippen molar-refractivity contribution in [1.82, 2.24) is 4.98 Å². The second-order valence-corrected chi connectivity index (χ2v) is 7.06. The lowest BCUT2D eigenvalue weighted by atomic mass is 9.98. The van der Waals surface area contributed by atoms with E-state index in [1.54, 1.807) is 11.3 Å². The van der Waals surface area contributed by atoms with Crippen LogP contribution >= 0.6 is 22.9 Å². The lowest BCUT2D eigenvalue weighted by Crippen LogP contribution is -2.21. The molecule has 0 unspecified atom stereocenters. The first-order chi connectivity index (χ1) is 9.69. The molecule has 0 atom stereocenters. The smallest absolute Gasteiger partial charge is 0.148 e. The minimum Gasteiger partial charge on any atom is -0.298 e. The lowest BCUT2D eigenvalue weighted by molar-refractivity contribution is -0.122. The summed E-state index contributed by atoms with van der Waals surface area (Å²) in [5.74, 6) is 0.759. The van der Waals surface area contributed by atoms with Crippen molar-refractivity contribution < 1.29 is 4.79 Å². The summed E-state index contributed by atoms with van der Waals surface area (Å²) in [5, 5.41) is 3.80. The molecular weight excluding hydrogens is 290 g/mol. The van der Waals surface area contributed by atoms with E-state index in [-0.39, 0.29) is 5.41 Å². The highest BCUT2D eigenvalue weighted by molar-refractivity contribution is 7.10. The van der Waals surface area contributed by atoms with Crippen molar-refractivity contribution in [3.05, 3.63) is 39.7 Å². The van der Waals surface area contributed by atoms with Crippen molar-refractivity contribution in [3.63, 3.8) is 0 Å². The monoisotopic (exact) mass is 303 g/mol. The van der Waals surface area contributed by atoms with Crippen molar-refractivity contribution in [2.24, 2.45) is 5.92 Å². The first-order valence-electron chi connectivity index (χ1n) is 6.95. The molecule has 0 N–H and O–H groups in total. The minimum absolute atomic E-state index is 0.226. The first kappa shape index (κ1) is 12.5. The molecule has 0 amide bonds. The number of Topliss-reactive ketones (excluding diaryl/α,β-unsaturated/α-hetero) is 1. The Morgan fingerprint density at radius 3 is 2.55 bits per heavy atom. The van der Waals surface area contributed by atoms with Gasteiger partial charge in [-0.05, 0) is 37.8 Å². The topological polar surface area (TPSA) is 30.0 Å². The van der Waals surface area contributed by atoms with Gasteiger partial charge in [0, 0.05) is 21.9 Å². The number of halogens is 1. The SMILES string of the molecule is O=C(C1CC1)C1(c2nc(-c3ccc(Cl)cc3)cs2)CC1. The van der Waals surface area contributed by atoms with E-state index < -0.39 is 0 Å². The number of thiazole rings is 1. The summed E-state index contributed by atoms with van der Waals surface area (Å²) in [7, 11) is 0. The van der Waals surface area contributed by atoms with Gasteiger partial charge in [-0.1, -0.05) is 23.7 Å². The molecular formula is C16H14ClNOS. The van der Waals surface area contributed by atoms with Crippen molar-refractivity contribution in [2.45, 2.75) is 31.1 Å². The molecule has 2 aliphatic rings. The van der Waals surface area contributed by atoms with Crippen LogP contribution in [-0.2, 0) is 10.2 Å². The van der Waals surface area contributed by atoms with Gasteiger partial charge in [-0.2, -0.15) is 0 Å². The number of carbonyl (C=O) groups excluding carboxylic acids is 1. The number of rotatable bonds is 4. The molecule has 0 radical (unpaired) electrons. The van der Waals surface area contributed by atoms with Crippen molar-refractivity contribution in [3.8, 4) is 11.3 Å². The van der Waals surface area contributed by atoms with Gasteiger partial charge in [0.15, 0.2) is 0 Å². The van der Waals surface area contributed by atoms with Crippen molar-refractivity contribution in [2.75, 3.05) is 0 Å². The van der Waals surface area contributed by atoms with E-state index in [2.05, 4.69) is 5.38 Å². The van der Waals surface area contributed by atoms with Crippen LogP contribution < -0.4 is 0 Å². The Balaban J connectivity index is 1.65. The van der Waals surface area contributed by atoms with Gasteiger partial charge in [-0.3, -0.25) is 4.79 Å². The van der Waals surface area contributed by atoms with Crippen LogP contribution in [-0.4, -0.2) is 10.8 Å². The summed E-state index contributed by atoms with van der Waals surface area (Å²) < 4.78 is 0. The number of hydrogen-bond acceptors (Lipinski definition) is 3. The third kappa shape index (κ3) is 2.00. The first-order valence-corrected chi connectivity index (χ1v) is 8.21. The lowest BCUT2D eigenvalue weighted by Gasteiger charge is -2.09. The van der Waals surface area contributed by atoms with Crippen LogP contribution in [0.5, 0.6) is 0 Å². The Bertz CT molecular complexity index is 668. The molecule has 4 rings (SSSR count). The zero-order chi connectivity index (χ0) is 13.7. The summed E-state index contributed by atoms with van der Waals surface area (Å²) in [4.78, 5) is 17.2. The van der Waals surface area contributed by atoms with E-state index in [0.29, 0.717) is 11.7 Å². The summed E-state index contributed by atoms with van der Waals surface area (Å²) >= 11 is 7.53. The fourth-order valence-electron chi connectivity index (χ4n) is 2.67. The molecule has 2 aromatic rings. The molecule has 0 spiro atoms. The molecule has 2 aliphatic carbocycles. The number of benzene rings is 1. The highest BCUT2D eigenvalue weighted by atomic mass is 35.5. The Kier molecular flexibility index (Phi) is 2.76. The standard InChI is InChI=1S/C16H14ClNOS/c17-12-5-3-10(4-6-12)13-9-20-15(18-13)16(7-8-16)14(19)11-1-2-11/h3-6,9,11H,1-2,7-8H2. The molecule has 102 valence electrons. The molecule has 4 heteroatoms. The number of nitrogens with zero attached hydrogens (tertiary/aromatic N) is 1. The molecule has 2 nitrogen and oxygen atoms in total. The number of aromatic nitrogens is 1. The Morgan fingerprint density at radius 2 is 1.95 bits per heavy atom. The molecule has 1 aromatic carbocycles. The summed E-state index contributed by atoms with van der Waals surface area (Å²) in [6.45, 7) is 0.